The molecule has 0 spiro atoms. The topological polar surface area (TPSA) is 46.0 Å². The molecule has 3 heteroatoms. The van der Waals surface area contributed by atoms with Crippen molar-refractivity contribution in [1.82, 2.24) is 10.2 Å². The number of aliphatic hydroxyl groups is 1. The summed E-state index contributed by atoms with van der Waals surface area (Å²) in [5, 5.41) is 17.5. The zero-order valence-electron chi connectivity index (χ0n) is 8.97. The second kappa shape index (κ2) is 5.21. The standard InChI is InChI=1S/C12H18N2O/c15-12(11-6-7-13-14-9-11)8-10-4-2-1-3-5-10/h6-7,9-10,12,15H,1-5,8H2. The minimum Gasteiger partial charge on any atom is -0.388 e. The van der Waals surface area contributed by atoms with Crippen molar-refractivity contribution in [3.8, 4) is 0 Å². The number of hydrogen-bond donors (Lipinski definition) is 1. The molecule has 2 rings (SSSR count). The first-order valence-electron chi connectivity index (χ1n) is 5.81. The van der Waals surface area contributed by atoms with Crippen LogP contribution in [0.25, 0.3) is 0 Å². The molecule has 1 atom stereocenters. The second-order valence-corrected chi connectivity index (χ2v) is 4.43. The molecule has 0 aliphatic heterocycles. The van der Waals surface area contributed by atoms with E-state index in [-0.39, 0.29) is 6.10 Å². The predicted molar refractivity (Wildman–Crippen MR) is 58.2 cm³/mol. The summed E-state index contributed by atoms with van der Waals surface area (Å²) < 4.78 is 0. The molecule has 0 radical (unpaired) electrons. The molecule has 1 fully saturated rings. The molecule has 0 amide bonds. The number of rotatable bonds is 3. The van der Waals surface area contributed by atoms with Crippen molar-refractivity contribution in [2.45, 2.75) is 44.6 Å². The van der Waals surface area contributed by atoms with E-state index in [0.29, 0.717) is 5.92 Å². The lowest BCUT2D eigenvalue weighted by Gasteiger charge is -2.23. The Morgan fingerprint density at radius 1 is 1.27 bits per heavy atom. The van der Waals surface area contributed by atoms with Crippen molar-refractivity contribution in [3.63, 3.8) is 0 Å². The lowest BCUT2D eigenvalue weighted by Crippen LogP contribution is -2.11. The van der Waals surface area contributed by atoms with Gasteiger partial charge in [-0.3, -0.25) is 0 Å². The zero-order chi connectivity index (χ0) is 10.5. The third-order valence-corrected chi connectivity index (χ3v) is 3.27. The van der Waals surface area contributed by atoms with Crippen LogP contribution in [0, 0.1) is 5.92 Å². The normalized spacial score (nSPS) is 20.1. The van der Waals surface area contributed by atoms with Crippen molar-refractivity contribution >= 4 is 0 Å². The number of aromatic nitrogens is 2. The summed E-state index contributed by atoms with van der Waals surface area (Å²) in [6.45, 7) is 0. The summed E-state index contributed by atoms with van der Waals surface area (Å²) in [5.74, 6) is 0.696. The van der Waals surface area contributed by atoms with Crippen LogP contribution in [0.5, 0.6) is 0 Å². The van der Waals surface area contributed by atoms with E-state index in [1.165, 1.54) is 32.1 Å². The molecule has 0 saturated heterocycles. The van der Waals surface area contributed by atoms with Crippen LogP contribution in [0.4, 0.5) is 0 Å². The van der Waals surface area contributed by atoms with Crippen LogP contribution in [0.1, 0.15) is 50.2 Å². The minimum atomic E-state index is -0.358. The van der Waals surface area contributed by atoms with Crippen LogP contribution in [0.2, 0.25) is 0 Å². The summed E-state index contributed by atoms with van der Waals surface area (Å²) in [7, 11) is 0. The van der Waals surface area contributed by atoms with Gasteiger partial charge in [0, 0.05) is 11.8 Å². The Labute approximate surface area is 90.5 Å². The predicted octanol–water partition coefficient (Wildman–Crippen LogP) is 2.48. The van der Waals surface area contributed by atoms with Crippen LogP contribution in [-0.4, -0.2) is 15.3 Å². The zero-order valence-corrected chi connectivity index (χ0v) is 8.97. The van der Waals surface area contributed by atoms with Crippen LogP contribution < -0.4 is 0 Å². The third kappa shape index (κ3) is 2.99. The van der Waals surface area contributed by atoms with E-state index in [2.05, 4.69) is 10.2 Å². The maximum Gasteiger partial charge on any atom is 0.0808 e. The van der Waals surface area contributed by atoms with Crippen molar-refractivity contribution < 1.29 is 5.11 Å². The first kappa shape index (κ1) is 10.6. The molecule has 0 bridgehead atoms. The highest BCUT2D eigenvalue weighted by Gasteiger charge is 2.18. The number of aliphatic hydroxyl groups excluding tert-OH is 1. The van der Waals surface area contributed by atoms with Gasteiger partial charge in [-0.2, -0.15) is 10.2 Å². The van der Waals surface area contributed by atoms with Crippen molar-refractivity contribution in [2.75, 3.05) is 0 Å². The molecule has 82 valence electrons. The van der Waals surface area contributed by atoms with Crippen molar-refractivity contribution in [3.05, 3.63) is 24.0 Å². The fraction of sp³-hybridized carbons (Fsp3) is 0.667. The van der Waals surface area contributed by atoms with E-state index in [1.807, 2.05) is 6.07 Å². The highest BCUT2D eigenvalue weighted by Crippen LogP contribution is 2.31. The minimum absolute atomic E-state index is 0.358. The average Bonchev–Trinajstić information content (AvgIpc) is 2.31. The Hall–Kier alpha value is -0.960. The molecule has 15 heavy (non-hydrogen) atoms. The molecule has 1 aliphatic rings. The molecular weight excluding hydrogens is 188 g/mol. The van der Waals surface area contributed by atoms with E-state index in [4.69, 9.17) is 0 Å². The van der Waals surface area contributed by atoms with Gasteiger partial charge in [-0.25, -0.2) is 0 Å². The molecule has 1 aromatic heterocycles. The van der Waals surface area contributed by atoms with Crippen LogP contribution in [0.15, 0.2) is 18.5 Å². The molecule has 1 unspecified atom stereocenters. The lowest BCUT2D eigenvalue weighted by atomic mass is 9.84. The van der Waals surface area contributed by atoms with Gasteiger partial charge in [0.15, 0.2) is 0 Å². The largest absolute Gasteiger partial charge is 0.388 e. The second-order valence-electron chi connectivity index (χ2n) is 4.43. The highest BCUT2D eigenvalue weighted by molar-refractivity contribution is 5.09. The molecule has 1 aliphatic carbocycles. The maximum absolute atomic E-state index is 10.0. The summed E-state index contributed by atoms with van der Waals surface area (Å²) in [6, 6.07) is 1.85. The van der Waals surface area contributed by atoms with Crippen molar-refractivity contribution in [2.24, 2.45) is 5.92 Å². The molecule has 0 aromatic carbocycles. The van der Waals surface area contributed by atoms with E-state index in [9.17, 15) is 5.11 Å². The Morgan fingerprint density at radius 2 is 2.07 bits per heavy atom. The molecule has 3 nitrogen and oxygen atoms in total. The summed E-state index contributed by atoms with van der Waals surface area (Å²) in [4.78, 5) is 0. The Bertz CT molecular complexity index is 283. The van der Waals surface area contributed by atoms with Crippen LogP contribution in [0.3, 0.4) is 0 Å². The smallest absolute Gasteiger partial charge is 0.0808 e. The van der Waals surface area contributed by atoms with E-state index in [0.717, 1.165) is 12.0 Å². The fourth-order valence-corrected chi connectivity index (χ4v) is 2.37. The number of hydrogen-bond acceptors (Lipinski definition) is 3. The van der Waals surface area contributed by atoms with Gasteiger partial charge in [0.25, 0.3) is 0 Å². The summed E-state index contributed by atoms with van der Waals surface area (Å²) >= 11 is 0. The van der Waals surface area contributed by atoms with Gasteiger partial charge in [0.2, 0.25) is 0 Å². The van der Waals surface area contributed by atoms with E-state index < -0.39 is 0 Å². The first-order chi connectivity index (χ1) is 7.36. The summed E-state index contributed by atoms with van der Waals surface area (Å²) in [5.41, 5.74) is 0.899. The van der Waals surface area contributed by atoms with Gasteiger partial charge < -0.3 is 5.11 Å². The maximum atomic E-state index is 10.0. The Morgan fingerprint density at radius 3 is 2.73 bits per heavy atom. The quantitative estimate of drug-likeness (QED) is 0.826. The molecule has 1 saturated carbocycles. The third-order valence-electron chi connectivity index (χ3n) is 3.27. The summed E-state index contributed by atoms with van der Waals surface area (Å²) in [6.07, 6.45) is 10.4. The SMILES string of the molecule is OC(CC1CCCCC1)c1ccnnc1. The van der Waals surface area contributed by atoms with E-state index >= 15 is 0 Å². The number of nitrogens with zero attached hydrogens (tertiary/aromatic N) is 2. The van der Waals surface area contributed by atoms with Crippen LogP contribution >= 0.6 is 0 Å². The van der Waals surface area contributed by atoms with Gasteiger partial charge in [-0.15, -0.1) is 0 Å². The first-order valence-corrected chi connectivity index (χ1v) is 5.81. The highest BCUT2D eigenvalue weighted by atomic mass is 16.3. The van der Waals surface area contributed by atoms with Gasteiger partial charge in [0.1, 0.15) is 0 Å². The van der Waals surface area contributed by atoms with Gasteiger partial charge in [-0.1, -0.05) is 32.1 Å². The molecule has 1 N–H and O–H groups in total. The molecule has 1 heterocycles. The Kier molecular flexibility index (Phi) is 3.67. The fourth-order valence-electron chi connectivity index (χ4n) is 2.37. The van der Waals surface area contributed by atoms with Crippen LogP contribution in [-0.2, 0) is 0 Å². The lowest BCUT2D eigenvalue weighted by molar-refractivity contribution is 0.131. The molecule has 1 aromatic rings. The Balaban J connectivity index is 1.88. The van der Waals surface area contributed by atoms with E-state index in [1.54, 1.807) is 12.4 Å². The molecular formula is C12H18N2O. The van der Waals surface area contributed by atoms with Gasteiger partial charge in [-0.05, 0) is 18.4 Å². The van der Waals surface area contributed by atoms with Crippen molar-refractivity contribution in [1.29, 1.82) is 0 Å². The van der Waals surface area contributed by atoms with Gasteiger partial charge >= 0.3 is 0 Å². The average molecular weight is 206 g/mol. The monoisotopic (exact) mass is 206 g/mol. The van der Waals surface area contributed by atoms with Gasteiger partial charge in [0.05, 0.1) is 12.3 Å².